The first-order valence-electron chi connectivity index (χ1n) is 16.6. The van der Waals surface area contributed by atoms with Gasteiger partial charge in [0.15, 0.2) is 0 Å². The number of ether oxygens (including phenoxy) is 4. The van der Waals surface area contributed by atoms with Crippen LogP contribution in [0.1, 0.15) is 76.2 Å². The Morgan fingerprint density at radius 3 is 2.13 bits per heavy atom. The molecule has 3 aromatic rings. The van der Waals surface area contributed by atoms with Gasteiger partial charge in [-0.05, 0) is 89.6 Å². The molecule has 0 spiro atoms. The van der Waals surface area contributed by atoms with Crippen molar-refractivity contribution in [1.82, 2.24) is 0 Å². The van der Waals surface area contributed by atoms with Crippen molar-refractivity contribution >= 4 is 11.9 Å². The maximum absolute atomic E-state index is 12.6. The Hall–Kier alpha value is -4.16. The van der Waals surface area contributed by atoms with Gasteiger partial charge in [0, 0.05) is 13.2 Å². The molecule has 0 heterocycles. The fourth-order valence-corrected chi connectivity index (χ4v) is 6.19. The van der Waals surface area contributed by atoms with Crippen molar-refractivity contribution in [2.24, 2.45) is 5.92 Å². The van der Waals surface area contributed by atoms with E-state index < -0.39 is 11.9 Å². The topological polar surface area (TPSA) is 71.1 Å². The summed E-state index contributed by atoms with van der Waals surface area (Å²) in [6.07, 6.45) is 12.5. The maximum atomic E-state index is 12.6. The Labute approximate surface area is 274 Å². The summed E-state index contributed by atoms with van der Waals surface area (Å²) in [7, 11) is 1.54. The number of carbonyl (C=O) groups is 2. The van der Waals surface area contributed by atoms with Crippen LogP contribution in [-0.4, -0.2) is 38.9 Å². The fourth-order valence-electron chi connectivity index (χ4n) is 6.19. The van der Waals surface area contributed by atoms with Crippen LogP contribution in [0.25, 0.3) is 22.3 Å². The predicted octanol–water partition coefficient (Wildman–Crippen LogP) is 9.48. The quantitative estimate of drug-likeness (QED) is 0.0645. The van der Waals surface area contributed by atoms with E-state index in [0.717, 1.165) is 41.5 Å². The Bertz CT molecular complexity index is 1430. The van der Waals surface area contributed by atoms with Crippen molar-refractivity contribution in [2.75, 3.05) is 26.9 Å². The summed E-state index contributed by atoms with van der Waals surface area (Å²) in [6.45, 7) is 10.0. The highest BCUT2D eigenvalue weighted by Gasteiger charge is 2.25. The van der Waals surface area contributed by atoms with E-state index in [9.17, 15) is 9.59 Å². The third-order valence-electron chi connectivity index (χ3n) is 8.74. The van der Waals surface area contributed by atoms with E-state index in [2.05, 4.69) is 56.5 Å². The molecule has 3 aromatic carbocycles. The van der Waals surface area contributed by atoms with E-state index in [0.29, 0.717) is 23.0 Å². The van der Waals surface area contributed by atoms with Crippen molar-refractivity contribution in [3.8, 4) is 33.8 Å². The van der Waals surface area contributed by atoms with Gasteiger partial charge in [-0.1, -0.05) is 94.7 Å². The summed E-state index contributed by atoms with van der Waals surface area (Å²) >= 11 is 0. The van der Waals surface area contributed by atoms with Crippen LogP contribution in [0, 0.1) is 5.92 Å². The second kappa shape index (κ2) is 18.1. The molecule has 46 heavy (non-hydrogen) atoms. The first kappa shape index (κ1) is 34.7. The van der Waals surface area contributed by atoms with Crippen LogP contribution < -0.4 is 9.47 Å². The van der Waals surface area contributed by atoms with Crippen molar-refractivity contribution in [3.63, 3.8) is 0 Å². The highest BCUT2D eigenvalue weighted by Crippen LogP contribution is 2.43. The fraction of sp³-hybridized carbons (Fsp3) is 0.400. The number of benzene rings is 3. The lowest BCUT2D eigenvalue weighted by Gasteiger charge is -2.30. The van der Waals surface area contributed by atoms with Crippen LogP contribution in [0.15, 0.2) is 91.5 Å². The van der Waals surface area contributed by atoms with Gasteiger partial charge in [0.1, 0.15) is 24.7 Å². The smallest absolute Gasteiger partial charge is 0.341 e. The van der Waals surface area contributed by atoms with Crippen LogP contribution >= 0.6 is 0 Å². The van der Waals surface area contributed by atoms with Crippen LogP contribution in [0.5, 0.6) is 11.5 Å². The van der Waals surface area contributed by atoms with Crippen LogP contribution in [-0.2, 0) is 19.1 Å². The van der Waals surface area contributed by atoms with Gasteiger partial charge in [-0.15, -0.1) is 0 Å². The first-order valence-corrected chi connectivity index (χ1v) is 16.6. The highest BCUT2D eigenvalue weighted by molar-refractivity contribution is 5.90. The molecule has 0 amide bonds. The number of methoxy groups -OCH3 is 1. The molecule has 1 aliphatic rings. The van der Waals surface area contributed by atoms with E-state index in [1.165, 1.54) is 63.2 Å². The van der Waals surface area contributed by atoms with E-state index >= 15 is 0 Å². The van der Waals surface area contributed by atoms with Gasteiger partial charge in [0.2, 0.25) is 0 Å². The lowest BCUT2D eigenvalue weighted by molar-refractivity contribution is -0.138. The monoisotopic (exact) mass is 624 g/mol. The van der Waals surface area contributed by atoms with Gasteiger partial charge in [-0.3, -0.25) is 0 Å². The lowest BCUT2D eigenvalue weighted by Crippen LogP contribution is -2.16. The summed E-state index contributed by atoms with van der Waals surface area (Å²) in [6, 6.07) is 22.5. The van der Waals surface area contributed by atoms with Gasteiger partial charge < -0.3 is 18.9 Å². The molecule has 0 N–H and O–H groups in total. The summed E-state index contributed by atoms with van der Waals surface area (Å²) in [5.74, 6) is 1.55. The van der Waals surface area contributed by atoms with Crippen LogP contribution in [0.4, 0.5) is 0 Å². The molecule has 0 unspecified atom stereocenters. The number of unbranched alkanes of at least 4 members (excludes halogenated alkanes) is 3. The van der Waals surface area contributed by atoms with Crippen molar-refractivity contribution in [2.45, 2.75) is 70.6 Å². The summed E-state index contributed by atoms with van der Waals surface area (Å²) in [4.78, 5) is 23.8. The normalized spacial score (nSPS) is 16.0. The number of carbonyl (C=O) groups excluding carboxylic acids is 2. The largest absolute Gasteiger partial charge is 0.490 e. The zero-order valence-electron chi connectivity index (χ0n) is 27.4. The molecule has 0 radical (unpaired) electrons. The highest BCUT2D eigenvalue weighted by atomic mass is 16.6. The molecule has 1 saturated carbocycles. The van der Waals surface area contributed by atoms with Crippen molar-refractivity contribution in [1.29, 1.82) is 0 Å². The third-order valence-corrected chi connectivity index (χ3v) is 8.74. The number of hydrogen-bond acceptors (Lipinski definition) is 6. The molecule has 0 aromatic heterocycles. The van der Waals surface area contributed by atoms with E-state index in [4.69, 9.17) is 18.9 Å². The van der Waals surface area contributed by atoms with Crippen LogP contribution in [0.3, 0.4) is 0 Å². The van der Waals surface area contributed by atoms with Crippen LogP contribution in [0.2, 0.25) is 0 Å². The lowest BCUT2D eigenvalue weighted by atomic mass is 9.75. The minimum atomic E-state index is -0.465. The van der Waals surface area contributed by atoms with Crippen molar-refractivity contribution in [3.05, 3.63) is 97.1 Å². The molecule has 1 aliphatic carbocycles. The average molecular weight is 625 g/mol. The summed E-state index contributed by atoms with van der Waals surface area (Å²) < 4.78 is 21.4. The first-order chi connectivity index (χ1) is 22.4. The van der Waals surface area contributed by atoms with E-state index in [1.54, 1.807) is 0 Å². The van der Waals surface area contributed by atoms with Gasteiger partial charge in [0.05, 0.1) is 12.2 Å². The Balaban J connectivity index is 1.48. The number of esters is 2. The number of rotatable bonds is 17. The number of hydrogen-bond donors (Lipinski definition) is 0. The van der Waals surface area contributed by atoms with Gasteiger partial charge >= 0.3 is 11.9 Å². The third kappa shape index (κ3) is 10.2. The van der Waals surface area contributed by atoms with E-state index in [-0.39, 0.29) is 19.8 Å². The maximum Gasteiger partial charge on any atom is 0.341 e. The Kier molecular flexibility index (Phi) is 13.7. The van der Waals surface area contributed by atoms with Gasteiger partial charge in [0.25, 0.3) is 0 Å². The summed E-state index contributed by atoms with van der Waals surface area (Å²) in [5.41, 5.74) is 6.02. The standard InChI is InChI=1S/C40H48O6/c1-5-7-8-9-10-30-11-13-34(14-12-30)38-27-36(46-40(42)29(3)28-43-4)23-24-37(38)33-17-15-31(16-18-33)32-19-21-35(22-20-32)44-25-26-45-39(41)6-2/h6,15-24,27,30,34H,2-3,5,7-14,25-26,28H2,1,4H3. The molecule has 6 nitrogen and oxygen atoms in total. The second-order valence-corrected chi connectivity index (χ2v) is 12.1. The predicted molar refractivity (Wildman–Crippen MR) is 184 cm³/mol. The second-order valence-electron chi connectivity index (χ2n) is 12.1. The minimum Gasteiger partial charge on any atom is -0.490 e. The molecule has 0 atom stereocenters. The average Bonchev–Trinajstić information content (AvgIpc) is 3.09. The molecule has 6 heteroatoms. The Morgan fingerprint density at radius 1 is 0.826 bits per heavy atom. The van der Waals surface area contributed by atoms with Gasteiger partial charge in [-0.25, -0.2) is 9.59 Å². The van der Waals surface area contributed by atoms with Crippen molar-refractivity contribution < 1.29 is 28.5 Å². The SMILES string of the molecule is C=CC(=O)OCCOc1ccc(-c2ccc(-c3ccc(OC(=O)C(=C)COC)cc3C3CCC(CCCCCC)CC3)cc2)cc1. The molecule has 244 valence electrons. The molecule has 4 rings (SSSR count). The Morgan fingerprint density at radius 2 is 1.48 bits per heavy atom. The molecule has 0 saturated heterocycles. The molecule has 0 aliphatic heterocycles. The molecule has 0 bridgehead atoms. The summed E-state index contributed by atoms with van der Waals surface area (Å²) in [5, 5.41) is 0. The zero-order chi connectivity index (χ0) is 32.7. The zero-order valence-corrected chi connectivity index (χ0v) is 27.4. The molecular formula is C40H48O6. The molecule has 1 fully saturated rings. The molecular weight excluding hydrogens is 576 g/mol. The van der Waals surface area contributed by atoms with E-state index in [1.807, 2.05) is 30.3 Å². The van der Waals surface area contributed by atoms with Gasteiger partial charge in [-0.2, -0.15) is 0 Å². The minimum absolute atomic E-state index is 0.140.